The first-order valence-electron chi connectivity index (χ1n) is 7.29. The van der Waals surface area contributed by atoms with Crippen molar-refractivity contribution in [3.63, 3.8) is 0 Å². The molecule has 8 heteroatoms. The maximum absolute atomic E-state index is 12.4. The van der Waals surface area contributed by atoms with Gasteiger partial charge in [0.25, 0.3) is 5.91 Å². The summed E-state index contributed by atoms with van der Waals surface area (Å²) in [5, 5.41) is 3.20. The first-order valence-corrected chi connectivity index (χ1v) is 7.29. The number of hydrogen-bond acceptors (Lipinski definition) is 5. The zero-order valence-corrected chi connectivity index (χ0v) is 13.7. The van der Waals surface area contributed by atoms with Crippen molar-refractivity contribution in [2.45, 2.75) is 0 Å². The highest BCUT2D eigenvalue weighted by atomic mass is 35.5. The van der Waals surface area contributed by atoms with Crippen molar-refractivity contribution in [3.05, 3.63) is 23.8 Å². The molecule has 126 valence electrons. The third kappa shape index (κ3) is 3.86. The van der Waals surface area contributed by atoms with E-state index in [0.29, 0.717) is 30.2 Å². The van der Waals surface area contributed by atoms with Crippen molar-refractivity contribution in [3.8, 4) is 11.5 Å². The van der Waals surface area contributed by atoms with Crippen molar-refractivity contribution in [1.29, 1.82) is 0 Å². The standard InChI is InChI=1S/C15H19N3O4.ClH/c1-17(9-14(19)18-6-4-16-5-7-18)15(20)11-2-3-12-13(8-11)22-10-21-12;/h2-3,8,16H,4-7,9-10H2,1H3;1H. The Labute approximate surface area is 140 Å². The Kier molecular flexibility index (Phi) is 5.68. The number of carbonyl (C=O) groups is 2. The van der Waals surface area contributed by atoms with Gasteiger partial charge in [-0.05, 0) is 18.2 Å². The minimum absolute atomic E-state index is 0. The van der Waals surface area contributed by atoms with Crippen LogP contribution in [0.25, 0.3) is 0 Å². The number of likely N-dealkylation sites (N-methyl/N-ethyl adjacent to an activating group) is 1. The Morgan fingerprint density at radius 1 is 1.22 bits per heavy atom. The van der Waals surface area contributed by atoms with Crippen LogP contribution in [0.4, 0.5) is 0 Å². The van der Waals surface area contributed by atoms with Crippen molar-refractivity contribution < 1.29 is 19.1 Å². The van der Waals surface area contributed by atoms with Gasteiger partial charge in [-0.2, -0.15) is 0 Å². The monoisotopic (exact) mass is 341 g/mol. The molecule has 0 spiro atoms. The van der Waals surface area contributed by atoms with Crippen molar-refractivity contribution in [2.75, 3.05) is 46.6 Å². The van der Waals surface area contributed by atoms with E-state index in [1.807, 2.05) is 0 Å². The fourth-order valence-corrected chi connectivity index (χ4v) is 2.54. The number of fused-ring (bicyclic) bond motifs is 1. The molecule has 2 heterocycles. The quantitative estimate of drug-likeness (QED) is 0.858. The molecule has 1 N–H and O–H groups in total. The average molecular weight is 342 g/mol. The van der Waals surface area contributed by atoms with Gasteiger partial charge in [0.2, 0.25) is 12.7 Å². The Balaban J connectivity index is 0.00000192. The van der Waals surface area contributed by atoms with Crippen LogP contribution in [0, 0.1) is 0 Å². The van der Waals surface area contributed by atoms with E-state index in [1.165, 1.54) is 4.90 Å². The normalized spacial score (nSPS) is 15.8. The number of ether oxygens (including phenoxy) is 2. The van der Waals surface area contributed by atoms with E-state index in [1.54, 1.807) is 30.1 Å². The van der Waals surface area contributed by atoms with Gasteiger partial charge in [-0.3, -0.25) is 9.59 Å². The summed E-state index contributed by atoms with van der Waals surface area (Å²) in [6.45, 7) is 3.21. The lowest BCUT2D eigenvalue weighted by Gasteiger charge is -2.29. The number of carbonyl (C=O) groups excluding carboxylic acids is 2. The van der Waals surface area contributed by atoms with Gasteiger partial charge in [-0.1, -0.05) is 0 Å². The van der Waals surface area contributed by atoms with E-state index < -0.39 is 0 Å². The van der Waals surface area contributed by atoms with Gasteiger partial charge in [0.1, 0.15) is 0 Å². The molecule has 0 unspecified atom stereocenters. The SMILES string of the molecule is CN(CC(=O)N1CCNCC1)C(=O)c1ccc2c(c1)OCO2.Cl. The minimum atomic E-state index is -0.207. The van der Waals surface area contributed by atoms with Gasteiger partial charge >= 0.3 is 0 Å². The molecule has 3 rings (SSSR count). The lowest BCUT2D eigenvalue weighted by Crippen LogP contribution is -2.49. The smallest absolute Gasteiger partial charge is 0.254 e. The topological polar surface area (TPSA) is 71.1 Å². The molecule has 7 nitrogen and oxygen atoms in total. The minimum Gasteiger partial charge on any atom is -0.454 e. The van der Waals surface area contributed by atoms with Crippen LogP contribution < -0.4 is 14.8 Å². The first-order chi connectivity index (χ1) is 10.6. The van der Waals surface area contributed by atoms with E-state index in [-0.39, 0.29) is 37.6 Å². The molecule has 0 saturated carbocycles. The molecule has 0 aliphatic carbocycles. The third-order valence-corrected chi connectivity index (χ3v) is 3.81. The number of rotatable bonds is 3. The van der Waals surface area contributed by atoms with Crippen LogP contribution >= 0.6 is 12.4 Å². The number of amides is 2. The molecule has 1 aromatic carbocycles. The fourth-order valence-electron chi connectivity index (χ4n) is 2.54. The van der Waals surface area contributed by atoms with Crippen molar-refractivity contribution in [2.24, 2.45) is 0 Å². The largest absolute Gasteiger partial charge is 0.454 e. The maximum atomic E-state index is 12.4. The highest BCUT2D eigenvalue weighted by Gasteiger charge is 2.22. The van der Waals surface area contributed by atoms with Gasteiger partial charge in [-0.25, -0.2) is 0 Å². The van der Waals surface area contributed by atoms with E-state index in [0.717, 1.165) is 13.1 Å². The van der Waals surface area contributed by atoms with Crippen LogP contribution in [-0.4, -0.2) is 68.2 Å². The van der Waals surface area contributed by atoms with Gasteiger partial charge in [0.05, 0.1) is 6.54 Å². The van der Waals surface area contributed by atoms with E-state index in [4.69, 9.17) is 9.47 Å². The predicted octanol–water partition coefficient (Wildman–Crippen LogP) is 0.341. The lowest BCUT2D eigenvalue weighted by molar-refractivity contribution is -0.132. The molecular weight excluding hydrogens is 322 g/mol. The summed E-state index contributed by atoms with van der Waals surface area (Å²) in [5.74, 6) is 0.962. The van der Waals surface area contributed by atoms with E-state index in [2.05, 4.69) is 5.32 Å². The molecule has 1 fully saturated rings. The van der Waals surface area contributed by atoms with Crippen LogP contribution in [0.5, 0.6) is 11.5 Å². The van der Waals surface area contributed by atoms with Gasteiger partial charge in [-0.15, -0.1) is 12.4 Å². The molecule has 2 amide bonds. The zero-order valence-electron chi connectivity index (χ0n) is 12.9. The first kappa shape index (κ1) is 17.4. The molecule has 2 aliphatic heterocycles. The molecule has 2 aliphatic rings. The number of benzene rings is 1. The second-order valence-corrected chi connectivity index (χ2v) is 5.36. The molecule has 1 saturated heterocycles. The third-order valence-electron chi connectivity index (χ3n) is 3.81. The van der Waals surface area contributed by atoms with Crippen LogP contribution in [0.1, 0.15) is 10.4 Å². The van der Waals surface area contributed by atoms with E-state index in [9.17, 15) is 9.59 Å². The molecule has 1 aromatic rings. The number of halogens is 1. The Hall–Kier alpha value is -1.99. The molecule has 23 heavy (non-hydrogen) atoms. The summed E-state index contributed by atoms with van der Waals surface area (Å²) >= 11 is 0. The number of nitrogens with zero attached hydrogens (tertiary/aromatic N) is 2. The lowest BCUT2D eigenvalue weighted by atomic mass is 10.2. The highest BCUT2D eigenvalue weighted by Crippen LogP contribution is 2.32. The summed E-state index contributed by atoms with van der Waals surface area (Å²) in [4.78, 5) is 27.8. The van der Waals surface area contributed by atoms with Gasteiger partial charge in [0, 0.05) is 38.8 Å². The van der Waals surface area contributed by atoms with Crippen molar-refractivity contribution in [1.82, 2.24) is 15.1 Å². The highest BCUT2D eigenvalue weighted by molar-refractivity contribution is 5.97. The zero-order chi connectivity index (χ0) is 15.5. The van der Waals surface area contributed by atoms with Crippen molar-refractivity contribution >= 4 is 24.2 Å². The van der Waals surface area contributed by atoms with Gasteiger partial charge < -0.3 is 24.6 Å². The molecular formula is C15H20ClN3O4. The summed E-state index contributed by atoms with van der Waals surface area (Å²) in [5.41, 5.74) is 0.486. The Bertz CT molecular complexity index is 590. The number of nitrogens with one attached hydrogen (secondary N) is 1. The molecule has 0 radical (unpaired) electrons. The fraction of sp³-hybridized carbons (Fsp3) is 0.467. The van der Waals surface area contributed by atoms with Gasteiger partial charge in [0.15, 0.2) is 11.5 Å². The number of hydrogen-bond donors (Lipinski definition) is 1. The molecule has 0 aromatic heterocycles. The second-order valence-electron chi connectivity index (χ2n) is 5.36. The average Bonchev–Trinajstić information content (AvgIpc) is 3.02. The summed E-state index contributed by atoms with van der Waals surface area (Å²) in [6.07, 6.45) is 0. The molecule has 0 bridgehead atoms. The van der Waals surface area contributed by atoms with E-state index >= 15 is 0 Å². The van der Waals surface area contributed by atoms with Crippen LogP contribution in [0.15, 0.2) is 18.2 Å². The summed E-state index contributed by atoms with van der Waals surface area (Å²) in [6, 6.07) is 5.04. The number of piperazine rings is 1. The second kappa shape index (κ2) is 7.52. The predicted molar refractivity (Wildman–Crippen MR) is 86.2 cm³/mol. The maximum Gasteiger partial charge on any atom is 0.254 e. The molecule has 0 atom stereocenters. The van der Waals surface area contributed by atoms with Crippen LogP contribution in [0.2, 0.25) is 0 Å². The van der Waals surface area contributed by atoms with Crippen LogP contribution in [-0.2, 0) is 4.79 Å². The summed E-state index contributed by atoms with van der Waals surface area (Å²) < 4.78 is 10.5. The Morgan fingerprint density at radius 2 is 1.91 bits per heavy atom. The van der Waals surface area contributed by atoms with Crippen LogP contribution in [0.3, 0.4) is 0 Å². The Morgan fingerprint density at radius 3 is 2.65 bits per heavy atom. The summed E-state index contributed by atoms with van der Waals surface area (Å²) in [7, 11) is 1.63.